The van der Waals surface area contributed by atoms with Crippen LogP contribution in [0.2, 0.25) is 4.34 Å². The molecule has 0 aliphatic heterocycles. The van der Waals surface area contributed by atoms with Crippen molar-refractivity contribution in [2.75, 3.05) is 11.9 Å². The zero-order chi connectivity index (χ0) is 14.5. The first-order valence-corrected chi connectivity index (χ1v) is 7.28. The van der Waals surface area contributed by atoms with Gasteiger partial charge in [-0.15, -0.1) is 11.3 Å². The predicted molar refractivity (Wildman–Crippen MR) is 80.8 cm³/mol. The van der Waals surface area contributed by atoms with E-state index in [0.29, 0.717) is 5.69 Å². The Morgan fingerprint density at radius 1 is 1.40 bits per heavy atom. The molecule has 1 heterocycles. The van der Waals surface area contributed by atoms with Gasteiger partial charge in [0.2, 0.25) is 5.91 Å². The van der Waals surface area contributed by atoms with Gasteiger partial charge in [-0.1, -0.05) is 17.7 Å². The van der Waals surface area contributed by atoms with E-state index in [-0.39, 0.29) is 24.3 Å². The molecule has 0 saturated carbocycles. The fourth-order valence-electron chi connectivity index (χ4n) is 1.68. The Kier molecular flexibility index (Phi) is 5.11. The van der Waals surface area contributed by atoms with E-state index >= 15 is 0 Å². The molecule has 0 fully saturated rings. The minimum absolute atomic E-state index is 0.0331. The van der Waals surface area contributed by atoms with Gasteiger partial charge >= 0.3 is 0 Å². The number of carbonyl (C=O) groups excluding carboxylic acids is 1. The van der Waals surface area contributed by atoms with Crippen molar-refractivity contribution >= 4 is 34.5 Å². The van der Waals surface area contributed by atoms with Gasteiger partial charge in [-0.3, -0.25) is 4.79 Å². The van der Waals surface area contributed by atoms with Gasteiger partial charge in [-0.2, -0.15) is 0 Å². The van der Waals surface area contributed by atoms with E-state index in [1.165, 1.54) is 23.5 Å². The first-order valence-electron chi connectivity index (χ1n) is 6.08. The first-order chi connectivity index (χ1) is 9.54. The second-order valence-electron chi connectivity index (χ2n) is 4.30. The van der Waals surface area contributed by atoms with E-state index in [2.05, 4.69) is 10.6 Å². The van der Waals surface area contributed by atoms with Gasteiger partial charge in [0.25, 0.3) is 0 Å². The van der Waals surface area contributed by atoms with Gasteiger partial charge in [-0.05, 0) is 37.3 Å². The molecule has 2 aromatic rings. The highest BCUT2D eigenvalue weighted by Crippen LogP contribution is 2.26. The van der Waals surface area contributed by atoms with Crippen LogP contribution in [0.4, 0.5) is 10.1 Å². The molecule has 0 aliphatic rings. The van der Waals surface area contributed by atoms with Gasteiger partial charge < -0.3 is 10.6 Å². The maximum atomic E-state index is 13.0. The summed E-state index contributed by atoms with van der Waals surface area (Å²) >= 11 is 7.34. The highest BCUT2D eigenvalue weighted by molar-refractivity contribution is 7.16. The molecule has 2 rings (SSSR count). The molecule has 6 heteroatoms. The Bertz CT molecular complexity index is 602. The van der Waals surface area contributed by atoms with E-state index in [1.807, 2.05) is 19.1 Å². The van der Waals surface area contributed by atoms with Crippen LogP contribution in [0.1, 0.15) is 17.8 Å². The number of halogens is 2. The van der Waals surface area contributed by atoms with Gasteiger partial charge in [0, 0.05) is 16.6 Å². The summed E-state index contributed by atoms with van der Waals surface area (Å²) in [4.78, 5) is 12.8. The Morgan fingerprint density at radius 3 is 2.85 bits per heavy atom. The number of benzene rings is 1. The molecule has 0 radical (unpaired) electrons. The van der Waals surface area contributed by atoms with Crippen molar-refractivity contribution in [1.29, 1.82) is 0 Å². The number of anilines is 1. The Morgan fingerprint density at radius 2 is 2.20 bits per heavy atom. The third kappa shape index (κ3) is 4.30. The lowest BCUT2D eigenvalue weighted by molar-refractivity contribution is -0.115. The zero-order valence-corrected chi connectivity index (χ0v) is 12.4. The third-order valence-corrected chi connectivity index (χ3v) is 4.11. The van der Waals surface area contributed by atoms with E-state index < -0.39 is 0 Å². The Labute approximate surface area is 125 Å². The molecule has 1 atom stereocenters. The van der Waals surface area contributed by atoms with Crippen molar-refractivity contribution in [3.8, 4) is 0 Å². The van der Waals surface area contributed by atoms with Crippen molar-refractivity contribution < 1.29 is 9.18 Å². The summed E-state index contributed by atoms with van der Waals surface area (Å²) < 4.78 is 13.7. The van der Waals surface area contributed by atoms with Crippen LogP contribution >= 0.6 is 22.9 Å². The molecule has 0 aliphatic carbocycles. The van der Waals surface area contributed by atoms with Crippen molar-refractivity contribution in [1.82, 2.24) is 5.32 Å². The Balaban J connectivity index is 1.83. The predicted octanol–water partition coefficient (Wildman–Crippen LogP) is 3.83. The summed E-state index contributed by atoms with van der Waals surface area (Å²) in [6.07, 6.45) is 0. The van der Waals surface area contributed by atoms with Crippen LogP contribution in [-0.4, -0.2) is 12.5 Å². The van der Waals surface area contributed by atoms with Crippen LogP contribution in [0, 0.1) is 5.82 Å². The topological polar surface area (TPSA) is 41.1 Å². The van der Waals surface area contributed by atoms with Crippen LogP contribution in [0.25, 0.3) is 0 Å². The van der Waals surface area contributed by atoms with Crippen LogP contribution in [0.3, 0.4) is 0 Å². The molecule has 0 saturated heterocycles. The molecule has 0 bridgehead atoms. The molecule has 2 N–H and O–H groups in total. The van der Waals surface area contributed by atoms with Crippen LogP contribution < -0.4 is 10.6 Å². The number of rotatable bonds is 5. The summed E-state index contributed by atoms with van der Waals surface area (Å²) in [5, 5.41) is 5.72. The SMILES string of the molecule is CC(NCC(=O)Nc1cccc(F)c1)c1ccc(Cl)s1. The number of amides is 1. The van der Waals surface area contributed by atoms with E-state index in [1.54, 1.807) is 12.1 Å². The molecular formula is C14H14ClFN2OS. The Hall–Kier alpha value is -1.43. The lowest BCUT2D eigenvalue weighted by Crippen LogP contribution is -2.29. The summed E-state index contributed by atoms with van der Waals surface area (Å²) in [5.74, 6) is -0.595. The lowest BCUT2D eigenvalue weighted by Gasteiger charge is -2.12. The summed E-state index contributed by atoms with van der Waals surface area (Å²) in [6.45, 7) is 2.10. The number of hydrogen-bond acceptors (Lipinski definition) is 3. The van der Waals surface area contributed by atoms with Crippen LogP contribution in [0.15, 0.2) is 36.4 Å². The average molecular weight is 313 g/mol. The molecular weight excluding hydrogens is 299 g/mol. The highest BCUT2D eigenvalue weighted by Gasteiger charge is 2.10. The number of thiophene rings is 1. The van der Waals surface area contributed by atoms with Gasteiger partial charge in [0.15, 0.2) is 0 Å². The van der Waals surface area contributed by atoms with E-state index in [9.17, 15) is 9.18 Å². The van der Waals surface area contributed by atoms with Crippen molar-refractivity contribution in [3.63, 3.8) is 0 Å². The standard InChI is InChI=1S/C14H14ClFN2OS/c1-9(12-5-6-13(15)20-12)17-8-14(19)18-11-4-2-3-10(16)7-11/h2-7,9,17H,8H2,1H3,(H,18,19). The lowest BCUT2D eigenvalue weighted by atomic mass is 10.2. The molecule has 20 heavy (non-hydrogen) atoms. The molecule has 1 amide bonds. The maximum Gasteiger partial charge on any atom is 0.238 e. The molecule has 0 spiro atoms. The average Bonchev–Trinajstić information content (AvgIpc) is 2.83. The molecule has 1 aromatic heterocycles. The molecule has 3 nitrogen and oxygen atoms in total. The van der Waals surface area contributed by atoms with E-state index in [4.69, 9.17) is 11.6 Å². The van der Waals surface area contributed by atoms with Gasteiger partial charge in [0.05, 0.1) is 10.9 Å². The largest absolute Gasteiger partial charge is 0.325 e. The fraction of sp³-hybridized carbons (Fsp3) is 0.214. The van der Waals surface area contributed by atoms with E-state index in [0.717, 1.165) is 9.21 Å². The first kappa shape index (κ1) is 15.0. The summed E-state index contributed by atoms with van der Waals surface area (Å²) in [7, 11) is 0. The zero-order valence-electron chi connectivity index (χ0n) is 10.8. The quantitative estimate of drug-likeness (QED) is 0.881. The molecule has 1 aromatic carbocycles. The number of carbonyl (C=O) groups is 1. The van der Waals surface area contributed by atoms with Crippen molar-refractivity contribution in [2.45, 2.75) is 13.0 Å². The summed E-state index contributed by atoms with van der Waals surface area (Å²) in [6, 6.07) is 9.59. The normalized spacial score (nSPS) is 12.2. The third-order valence-electron chi connectivity index (χ3n) is 2.70. The fourth-order valence-corrected chi connectivity index (χ4v) is 2.77. The minimum atomic E-state index is -0.377. The highest BCUT2D eigenvalue weighted by atomic mass is 35.5. The van der Waals surface area contributed by atoms with Crippen molar-refractivity contribution in [2.24, 2.45) is 0 Å². The number of nitrogens with one attached hydrogen (secondary N) is 2. The second-order valence-corrected chi connectivity index (χ2v) is 6.05. The van der Waals surface area contributed by atoms with Gasteiger partial charge in [0.1, 0.15) is 5.82 Å². The minimum Gasteiger partial charge on any atom is -0.325 e. The van der Waals surface area contributed by atoms with Crippen LogP contribution in [-0.2, 0) is 4.79 Å². The van der Waals surface area contributed by atoms with Crippen molar-refractivity contribution in [3.05, 3.63) is 51.4 Å². The number of hydrogen-bond donors (Lipinski definition) is 2. The molecule has 1 unspecified atom stereocenters. The maximum absolute atomic E-state index is 13.0. The monoisotopic (exact) mass is 312 g/mol. The second kappa shape index (κ2) is 6.83. The smallest absolute Gasteiger partial charge is 0.238 e. The van der Waals surface area contributed by atoms with Gasteiger partial charge in [-0.25, -0.2) is 4.39 Å². The van der Waals surface area contributed by atoms with Crippen LogP contribution in [0.5, 0.6) is 0 Å². The summed E-state index contributed by atoms with van der Waals surface area (Å²) in [5.41, 5.74) is 0.448. The molecule has 106 valence electrons.